The molecule has 0 radical (unpaired) electrons. The molecule has 2 atom stereocenters. The number of rotatable bonds is 14. The maximum atomic E-state index is 13.1. The average Bonchev–Trinajstić information content (AvgIpc) is 3.92. The van der Waals surface area contributed by atoms with Crippen LogP contribution in [0.15, 0.2) is 46.4 Å². The van der Waals surface area contributed by atoms with Gasteiger partial charge < -0.3 is 43.9 Å². The fraction of sp³-hybridized carbons (Fsp3) is 0.436. The highest BCUT2D eigenvalue weighted by Gasteiger charge is 2.34. The summed E-state index contributed by atoms with van der Waals surface area (Å²) in [6.45, 7) is 2.68. The lowest BCUT2D eigenvalue weighted by Gasteiger charge is -2.20. The van der Waals surface area contributed by atoms with Gasteiger partial charge in [-0.1, -0.05) is 0 Å². The molecule has 0 unspecified atom stereocenters. The minimum atomic E-state index is -0.318. The fourth-order valence-corrected chi connectivity index (χ4v) is 7.30. The van der Waals surface area contributed by atoms with Crippen molar-refractivity contribution in [3.8, 4) is 23.0 Å². The second-order valence-corrected chi connectivity index (χ2v) is 13.6. The number of carbonyl (C=O) groups is 4. The molecule has 0 spiro atoms. The van der Waals surface area contributed by atoms with Crippen LogP contribution in [0.25, 0.3) is 0 Å². The van der Waals surface area contributed by atoms with E-state index >= 15 is 0 Å². The number of amides is 4. The number of nitrogens with one attached hydrogen (secondary N) is 2. The van der Waals surface area contributed by atoms with E-state index in [9.17, 15) is 19.2 Å². The lowest BCUT2D eigenvalue weighted by atomic mass is 10.1. The standard InChI is InChI=1S/C39H45N7O8/c1-44-30(36(47)40-12-6-16-53-34-20-28-26(18-32(34)51-2)38(49)45-14-4-8-24(45)22-42-28)10-11-31(44)37(48)41-13-7-17-54-35-21-29-27(19-33(35)52-3)39(50)46-15-5-9-25(46)23-43-29/h10-11,18-25H,4-9,12-17H2,1-3H3,(H,40,47)(H,41,48)/t24-,25-/m0/s1. The van der Waals surface area contributed by atoms with Gasteiger partial charge in [-0.15, -0.1) is 0 Å². The normalized spacial score (nSPS) is 18.3. The van der Waals surface area contributed by atoms with E-state index in [2.05, 4.69) is 20.6 Å². The maximum absolute atomic E-state index is 13.1. The van der Waals surface area contributed by atoms with Crippen LogP contribution in [0.4, 0.5) is 11.4 Å². The van der Waals surface area contributed by atoms with Gasteiger partial charge in [-0.2, -0.15) is 0 Å². The minimum Gasteiger partial charge on any atom is -0.493 e. The van der Waals surface area contributed by atoms with Gasteiger partial charge in [-0.25, -0.2) is 0 Å². The number of fused-ring (bicyclic) bond motifs is 4. The Morgan fingerprint density at radius 3 is 1.57 bits per heavy atom. The Morgan fingerprint density at radius 1 is 0.704 bits per heavy atom. The van der Waals surface area contributed by atoms with Gasteiger partial charge in [0.25, 0.3) is 23.6 Å². The Balaban J connectivity index is 0.852. The molecule has 5 heterocycles. The summed E-state index contributed by atoms with van der Waals surface area (Å²) in [7, 11) is 4.72. The Kier molecular flexibility index (Phi) is 10.8. The highest BCUT2D eigenvalue weighted by Crippen LogP contribution is 2.39. The zero-order valence-electron chi connectivity index (χ0n) is 30.8. The molecule has 7 rings (SSSR count). The third kappa shape index (κ3) is 7.34. The smallest absolute Gasteiger partial charge is 0.267 e. The molecule has 1 aromatic heterocycles. The first-order chi connectivity index (χ1) is 26.3. The lowest BCUT2D eigenvalue weighted by molar-refractivity contribution is 0.0766. The number of ether oxygens (including phenoxy) is 4. The van der Waals surface area contributed by atoms with Crippen molar-refractivity contribution in [2.75, 3.05) is 53.6 Å². The summed E-state index contributed by atoms with van der Waals surface area (Å²) in [4.78, 5) is 65.0. The van der Waals surface area contributed by atoms with Crippen LogP contribution >= 0.6 is 0 Å². The van der Waals surface area contributed by atoms with Crippen LogP contribution in [-0.2, 0) is 7.05 Å². The van der Waals surface area contributed by atoms with Crippen molar-refractivity contribution in [2.24, 2.45) is 17.0 Å². The molecule has 0 aliphatic carbocycles. The van der Waals surface area contributed by atoms with E-state index in [1.54, 1.807) is 48.0 Å². The Bertz CT molecular complexity index is 1870. The molecule has 54 heavy (non-hydrogen) atoms. The Hall–Kier alpha value is -5.86. The van der Waals surface area contributed by atoms with Crippen LogP contribution in [0, 0.1) is 0 Å². The number of methoxy groups -OCH3 is 2. The predicted molar refractivity (Wildman–Crippen MR) is 201 cm³/mol. The quantitative estimate of drug-likeness (QED) is 0.234. The molecule has 0 bridgehead atoms. The number of hydrogen-bond acceptors (Lipinski definition) is 10. The molecular formula is C39H45N7O8. The summed E-state index contributed by atoms with van der Waals surface area (Å²) in [5.41, 5.74) is 2.77. The summed E-state index contributed by atoms with van der Waals surface area (Å²) >= 11 is 0. The summed E-state index contributed by atoms with van der Waals surface area (Å²) in [5, 5.41) is 5.76. The SMILES string of the molecule is COc1cc2c(cc1OCCCNC(=O)c1ccc(C(=O)NCCCOc3cc4c(cc3OC)C(=O)N3CCC[C@H]3C=N4)n1C)N=C[C@@H]1CCCN1C2=O. The molecule has 2 saturated heterocycles. The first-order valence-electron chi connectivity index (χ1n) is 18.4. The second-order valence-electron chi connectivity index (χ2n) is 13.6. The van der Waals surface area contributed by atoms with Crippen LogP contribution < -0.4 is 29.6 Å². The van der Waals surface area contributed by atoms with E-state index in [-0.39, 0.29) is 35.7 Å². The van der Waals surface area contributed by atoms with Gasteiger partial charge in [-0.3, -0.25) is 29.2 Å². The summed E-state index contributed by atoms with van der Waals surface area (Å²) < 4.78 is 24.5. The van der Waals surface area contributed by atoms with E-state index in [1.165, 1.54) is 14.2 Å². The van der Waals surface area contributed by atoms with Gasteiger partial charge in [0.05, 0.1) is 62.0 Å². The highest BCUT2D eigenvalue weighted by atomic mass is 16.5. The number of hydrogen-bond donors (Lipinski definition) is 2. The third-order valence-corrected chi connectivity index (χ3v) is 10.2. The molecule has 15 heteroatoms. The van der Waals surface area contributed by atoms with Crippen molar-refractivity contribution in [2.45, 2.75) is 50.6 Å². The summed E-state index contributed by atoms with van der Waals surface area (Å²) in [6.07, 6.45) is 8.39. The number of aromatic nitrogens is 1. The van der Waals surface area contributed by atoms with Gasteiger partial charge in [0, 0.05) is 57.8 Å². The van der Waals surface area contributed by atoms with Crippen molar-refractivity contribution in [3.63, 3.8) is 0 Å². The van der Waals surface area contributed by atoms with Gasteiger partial charge in [0.1, 0.15) is 11.4 Å². The fourth-order valence-electron chi connectivity index (χ4n) is 7.30. The Morgan fingerprint density at radius 2 is 1.15 bits per heavy atom. The van der Waals surface area contributed by atoms with E-state index < -0.39 is 0 Å². The van der Waals surface area contributed by atoms with Crippen molar-refractivity contribution < 1.29 is 38.1 Å². The van der Waals surface area contributed by atoms with E-state index in [0.717, 1.165) is 25.7 Å². The topological polar surface area (TPSA) is 165 Å². The molecule has 3 aromatic rings. The van der Waals surface area contributed by atoms with Gasteiger partial charge >= 0.3 is 0 Å². The molecule has 4 amide bonds. The molecule has 2 N–H and O–H groups in total. The molecular weight excluding hydrogens is 694 g/mol. The van der Waals surface area contributed by atoms with E-state index in [1.807, 2.05) is 22.2 Å². The predicted octanol–water partition coefficient (Wildman–Crippen LogP) is 4.08. The van der Waals surface area contributed by atoms with Gasteiger partial charge in [0.2, 0.25) is 0 Å². The number of nitrogens with zero attached hydrogens (tertiary/aromatic N) is 5. The second kappa shape index (κ2) is 16.0. The largest absolute Gasteiger partial charge is 0.493 e. The van der Waals surface area contributed by atoms with Crippen LogP contribution in [0.3, 0.4) is 0 Å². The lowest BCUT2D eigenvalue weighted by Crippen LogP contribution is -2.35. The monoisotopic (exact) mass is 739 g/mol. The average molecular weight is 740 g/mol. The zero-order chi connectivity index (χ0) is 37.8. The maximum Gasteiger partial charge on any atom is 0.267 e. The van der Waals surface area contributed by atoms with Crippen molar-refractivity contribution in [1.29, 1.82) is 0 Å². The molecule has 0 saturated carbocycles. The zero-order valence-corrected chi connectivity index (χ0v) is 30.8. The molecule has 4 aliphatic heterocycles. The molecule has 4 aliphatic rings. The molecule has 284 valence electrons. The molecule has 15 nitrogen and oxygen atoms in total. The number of aliphatic imine (C=N–C) groups is 2. The summed E-state index contributed by atoms with van der Waals surface area (Å²) in [5.74, 6) is 1.09. The molecule has 2 fully saturated rings. The van der Waals surface area contributed by atoms with Crippen molar-refractivity contribution >= 4 is 47.4 Å². The van der Waals surface area contributed by atoms with Crippen LogP contribution in [0.5, 0.6) is 23.0 Å². The minimum absolute atomic E-state index is 0.0102. The van der Waals surface area contributed by atoms with E-state index in [4.69, 9.17) is 18.9 Å². The summed E-state index contributed by atoms with van der Waals surface area (Å²) in [6, 6.07) is 10.1. The first-order valence-corrected chi connectivity index (χ1v) is 18.4. The first kappa shape index (κ1) is 36.5. The van der Waals surface area contributed by atoms with Crippen molar-refractivity contribution in [1.82, 2.24) is 25.0 Å². The molecule has 2 aromatic carbocycles. The van der Waals surface area contributed by atoms with Gasteiger partial charge in [-0.05, 0) is 62.8 Å². The van der Waals surface area contributed by atoms with Crippen LogP contribution in [0.1, 0.15) is 80.2 Å². The van der Waals surface area contributed by atoms with Gasteiger partial charge in [0.15, 0.2) is 23.0 Å². The number of benzene rings is 2. The third-order valence-electron chi connectivity index (χ3n) is 10.2. The Labute approximate surface area is 313 Å². The van der Waals surface area contributed by atoms with Crippen LogP contribution in [0.2, 0.25) is 0 Å². The van der Waals surface area contributed by atoms with Crippen molar-refractivity contribution in [3.05, 3.63) is 58.9 Å². The highest BCUT2D eigenvalue weighted by molar-refractivity contribution is 6.04. The van der Waals surface area contributed by atoms with Crippen LogP contribution in [-0.4, -0.2) is 116 Å². The van der Waals surface area contributed by atoms with E-state index in [0.29, 0.717) is 109 Å². The number of carbonyl (C=O) groups excluding carboxylic acids is 4.